The Morgan fingerprint density at radius 2 is 2.07 bits per heavy atom. The molecule has 1 saturated carbocycles. The van der Waals surface area contributed by atoms with Gasteiger partial charge in [-0.2, -0.15) is 5.10 Å². The van der Waals surface area contributed by atoms with Gasteiger partial charge >= 0.3 is 0 Å². The highest BCUT2D eigenvalue weighted by atomic mass is 16.1. The van der Waals surface area contributed by atoms with Crippen LogP contribution in [0.5, 0.6) is 0 Å². The van der Waals surface area contributed by atoms with Crippen LogP contribution >= 0.6 is 0 Å². The fourth-order valence-electron chi connectivity index (χ4n) is 2.10. The van der Waals surface area contributed by atoms with Gasteiger partial charge in [0.25, 0.3) is 0 Å². The third-order valence-electron chi connectivity index (χ3n) is 3.25. The lowest BCUT2D eigenvalue weighted by atomic mass is 10.2. The highest BCUT2D eigenvalue weighted by Crippen LogP contribution is 2.28. The van der Waals surface area contributed by atoms with E-state index in [2.05, 4.69) is 18.9 Å². The Kier molecular flexibility index (Phi) is 2.17. The van der Waals surface area contributed by atoms with Crippen LogP contribution in [-0.2, 0) is 4.79 Å². The van der Waals surface area contributed by atoms with Crippen LogP contribution < -0.4 is 0 Å². The molecule has 0 aliphatic heterocycles. The van der Waals surface area contributed by atoms with Crippen molar-refractivity contribution >= 4 is 5.78 Å². The van der Waals surface area contributed by atoms with Crippen LogP contribution in [0.3, 0.4) is 0 Å². The number of hydrogen-bond acceptors (Lipinski definition) is 2. The van der Waals surface area contributed by atoms with Gasteiger partial charge < -0.3 is 0 Å². The number of ketones is 1. The molecule has 1 fully saturated rings. The number of rotatable bonds is 1. The summed E-state index contributed by atoms with van der Waals surface area (Å²) in [5.41, 5.74) is 3.55. The van der Waals surface area contributed by atoms with E-state index in [1.165, 1.54) is 11.3 Å². The Balaban J connectivity index is 2.32. The van der Waals surface area contributed by atoms with Crippen LogP contribution in [0.1, 0.15) is 42.3 Å². The van der Waals surface area contributed by atoms with Crippen LogP contribution in [-0.4, -0.2) is 15.6 Å². The van der Waals surface area contributed by atoms with Gasteiger partial charge in [0.15, 0.2) is 0 Å². The Morgan fingerprint density at radius 3 is 2.50 bits per heavy atom. The number of carbonyl (C=O) groups excluding carboxylic acids is 1. The van der Waals surface area contributed by atoms with E-state index >= 15 is 0 Å². The molecule has 0 spiro atoms. The lowest BCUT2D eigenvalue weighted by Crippen LogP contribution is -2.09. The molecule has 1 atom stereocenters. The molecule has 1 aliphatic carbocycles. The quantitative estimate of drug-likeness (QED) is 0.683. The SMILES string of the molecule is Cc1nn(C2CCC(=O)C2)c(C)c1C. The van der Waals surface area contributed by atoms with Gasteiger partial charge in [0, 0.05) is 18.5 Å². The van der Waals surface area contributed by atoms with Gasteiger partial charge in [0.05, 0.1) is 11.7 Å². The van der Waals surface area contributed by atoms with Crippen LogP contribution in [0.25, 0.3) is 0 Å². The van der Waals surface area contributed by atoms with Crippen molar-refractivity contribution in [2.24, 2.45) is 0 Å². The minimum atomic E-state index is 0.315. The molecule has 3 nitrogen and oxygen atoms in total. The molecule has 14 heavy (non-hydrogen) atoms. The van der Waals surface area contributed by atoms with Crippen molar-refractivity contribution in [2.45, 2.75) is 46.1 Å². The van der Waals surface area contributed by atoms with E-state index in [4.69, 9.17) is 0 Å². The summed E-state index contributed by atoms with van der Waals surface area (Å²) < 4.78 is 2.04. The molecule has 1 aromatic heterocycles. The maximum absolute atomic E-state index is 11.2. The number of hydrogen-bond donors (Lipinski definition) is 0. The van der Waals surface area contributed by atoms with E-state index in [1.807, 2.05) is 11.6 Å². The van der Waals surface area contributed by atoms with Crippen molar-refractivity contribution in [3.05, 3.63) is 17.0 Å². The topological polar surface area (TPSA) is 34.9 Å². The summed E-state index contributed by atoms with van der Waals surface area (Å²) in [5, 5.41) is 4.49. The summed E-state index contributed by atoms with van der Waals surface area (Å²) >= 11 is 0. The molecule has 1 heterocycles. The van der Waals surface area contributed by atoms with Gasteiger partial charge in [-0.25, -0.2) is 0 Å². The molecule has 76 valence electrons. The third kappa shape index (κ3) is 1.37. The Bertz CT molecular complexity index is 379. The Morgan fingerprint density at radius 1 is 1.36 bits per heavy atom. The van der Waals surface area contributed by atoms with Crippen LogP contribution in [0.15, 0.2) is 0 Å². The second kappa shape index (κ2) is 3.23. The maximum atomic E-state index is 11.2. The van der Waals surface area contributed by atoms with Crippen LogP contribution in [0.4, 0.5) is 0 Å². The fourth-order valence-corrected chi connectivity index (χ4v) is 2.10. The molecule has 2 rings (SSSR count). The monoisotopic (exact) mass is 192 g/mol. The van der Waals surface area contributed by atoms with E-state index in [0.717, 1.165) is 18.5 Å². The first-order chi connectivity index (χ1) is 6.59. The molecular weight excluding hydrogens is 176 g/mol. The zero-order valence-electron chi connectivity index (χ0n) is 9.00. The molecule has 1 aromatic rings. The lowest BCUT2D eigenvalue weighted by molar-refractivity contribution is -0.117. The molecular formula is C11H16N2O. The number of aryl methyl sites for hydroxylation is 1. The first-order valence-electron chi connectivity index (χ1n) is 5.13. The van der Waals surface area contributed by atoms with Gasteiger partial charge in [0.2, 0.25) is 0 Å². The first-order valence-corrected chi connectivity index (χ1v) is 5.13. The molecule has 0 saturated heterocycles. The number of nitrogens with zero attached hydrogens (tertiary/aromatic N) is 2. The smallest absolute Gasteiger partial charge is 0.135 e. The fraction of sp³-hybridized carbons (Fsp3) is 0.636. The molecule has 1 unspecified atom stereocenters. The van der Waals surface area contributed by atoms with E-state index in [9.17, 15) is 4.79 Å². The summed E-state index contributed by atoms with van der Waals surface area (Å²) in [5.74, 6) is 0.375. The van der Waals surface area contributed by atoms with Gasteiger partial charge in [-0.05, 0) is 32.8 Å². The van der Waals surface area contributed by atoms with Crippen molar-refractivity contribution in [2.75, 3.05) is 0 Å². The highest BCUT2D eigenvalue weighted by Gasteiger charge is 2.25. The maximum Gasteiger partial charge on any atom is 0.135 e. The van der Waals surface area contributed by atoms with Crippen molar-refractivity contribution in [3.8, 4) is 0 Å². The molecule has 0 radical (unpaired) electrons. The van der Waals surface area contributed by atoms with Gasteiger partial charge in [-0.3, -0.25) is 9.48 Å². The highest BCUT2D eigenvalue weighted by molar-refractivity contribution is 5.80. The van der Waals surface area contributed by atoms with E-state index in [1.54, 1.807) is 0 Å². The van der Waals surface area contributed by atoms with Gasteiger partial charge in [-0.15, -0.1) is 0 Å². The van der Waals surface area contributed by atoms with Crippen LogP contribution in [0, 0.1) is 20.8 Å². The van der Waals surface area contributed by atoms with Crippen molar-refractivity contribution in [1.29, 1.82) is 0 Å². The normalized spacial score (nSPS) is 21.9. The zero-order valence-corrected chi connectivity index (χ0v) is 9.00. The average Bonchev–Trinajstić information content (AvgIpc) is 2.66. The first kappa shape index (κ1) is 9.44. The zero-order chi connectivity index (χ0) is 10.3. The molecule has 0 bridgehead atoms. The van der Waals surface area contributed by atoms with E-state index in [0.29, 0.717) is 18.2 Å². The lowest BCUT2D eigenvalue weighted by Gasteiger charge is -2.11. The van der Waals surface area contributed by atoms with Crippen LogP contribution in [0.2, 0.25) is 0 Å². The van der Waals surface area contributed by atoms with E-state index < -0.39 is 0 Å². The second-order valence-electron chi connectivity index (χ2n) is 4.18. The Hall–Kier alpha value is -1.12. The number of aromatic nitrogens is 2. The van der Waals surface area contributed by atoms with Gasteiger partial charge in [-0.1, -0.05) is 0 Å². The summed E-state index contributed by atoms with van der Waals surface area (Å²) in [6.45, 7) is 6.19. The van der Waals surface area contributed by atoms with Gasteiger partial charge in [0.1, 0.15) is 5.78 Å². The predicted octanol–water partition coefficient (Wildman–Crippen LogP) is 2.10. The molecule has 0 aromatic carbocycles. The molecule has 0 N–H and O–H groups in total. The second-order valence-corrected chi connectivity index (χ2v) is 4.18. The number of Topliss-reactive ketones (excluding diaryl/α,β-unsaturated/α-hetero) is 1. The standard InChI is InChI=1S/C11H16N2O/c1-7-8(2)12-13(9(7)3)10-4-5-11(14)6-10/h10H,4-6H2,1-3H3. The summed E-state index contributed by atoms with van der Waals surface area (Å²) in [7, 11) is 0. The van der Waals surface area contributed by atoms with Crippen molar-refractivity contribution < 1.29 is 4.79 Å². The van der Waals surface area contributed by atoms with Crippen molar-refractivity contribution in [1.82, 2.24) is 9.78 Å². The molecule has 1 aliphatic rings. The minimum absolute atomic E-state index is 0.315. The summed E-state index contributed by atoms with van der Waals surface area (Å²) in [6, 6.07) is 0.315. The number of carbonyl (C=O) groups is 1. The Labute approximate surface area is 84.1 Å². The molecule has 0 amide bonds. The van der Waals surface area contributed by atoms with Crippen molar-refractivity contribution in [3.63, 3.8) is 0 Å². The average molecular weight is 192 g/mol. The van der Waals surface area contributed by atoms with E-state index in [-0.39, 0.29) is 0 Å². The third-order valence-corrected chi connectivity index (χ3v) is 3.25. The summed E-state index contributed by atoms with van der Waals surface area (Å²) in [4.78, 5) is 11.2. The molecule has 3 heteroatoms. The predicted molar refractivity (Wildman–Crippen MR) is 54.3 cm³/mol. The minimum Gasteiger partial charge on any atom is -0.300 e. The largest absolute Gasteiger partial charge is 0.300 e. The summed E-state index contributed by atoms with van der Waals surface area (Å²) in [6.07, 6.45) is 2.35.